The number of hydrogen-bond donors (Lipinski definition) is 1. The molecule has 0 bridgehead atoms. The standard InChI is InChI=1S/C24H19FN2O4/c1-30-19-11-7-17(8-12-19)26-22-21(15-3-5-16(25)6-4-15)23(28)27(24(22)29)18-9-13-20(31-2)14-10-18/h3-14,26H,1-2H3. The number of amides is 2. The average Bonchev–Trinajstić information content (AvgIpc) is 3.04. The third-order valence-corrected chi connectivity index (χ3v) is 4.91. The molecule has 31 heavy (non-hydrogen) atoms. The molecule has 0 aliphatic carbocycles. The summed E-state index contributed by atoms with van der Waals surface area (Å²) in [4.78, 5) is 27.7. The Hall–Kier alpha value is -4.13. The van der Waals surface area contributed by atoms with Crippen LogP contribution in [-0.2, 0) is 9.59 Å². The molecule has 1 N–H and O–H groups in total. The second-order valence-electron chi connectivity index (χ2n) is 6.75. The first-order valence-corrected chi connectivity index (χ1v) is 9.46. The van der Waals surface area contributed by atoms with Crippen molar-refractivity contribution in [3.63, 3.8) is 0 Å². The Labute approximate surface area is 178 Å². The number of nitrogens with one attached hydrogen (secondary N) is 1. The smallest absolute Gasteiger partial charge is 0.282 e. The van der Waals surface area contributed by atoms with Gasteiger partial charge in [-0.05, 0) is 66.2 Å². The molecular weight excluding hydrogens is 399 g/mol. The number of carbonyl (C=O) groups is 2. The molecule has 0 spiro atoms. The SMILES string of the molecule is COc1ccc(NC2=C(c3ccc(F)cc3)C(=O)N(c3ccc(OC)cc3)C2=O)cc1. The van der Waals surface area contributed by atoms with Crippen LogP contribution in [0.5, 0.6) is 11.5 Å². The molecule has 0 unspecified atom stereocenters. The molecule has 2 amide bonds. The van der Waals surface area contributed by atoms with Crippen molar-refractivity contribution < 1.29 is 23.5 Å². The van der Waals surface area contributed by atoms with E-state index in [2.05, 4.69) is 5.32 Å². The summed E-state index contributed by atoms with van der Waals surface area (Å²) in [5.41, 5.74) is 1.72. The summed E-state index contributed by atoms with van der Waals surface area (Å²) < 4.78 is 23.8. The number of imide groups is 1. The van der Waals surface area contributed by atoms with Crippen molar-refractivity contribution in [2.24, 2.45) is 0 Å². The fourth-order valence-electron chi connectivity index (χ4n) is 3.31. The quantitative estimate of drug-likeness (QED) is 0.607. The zero-order valence-electron chi connectivity index (χ0n) is 16.9. The number of hydrogen-bond acceptors (Lipinski definition) is 5. The monoisotopic (exact) mass is 418 g/mol. The number of ether oxygens (including phenoxy) is 2. The van der Waals surface area contributed by atoms with Crippen LogP contribution in [0, 0.1) is 5.82 Å². The van der Waals surface area contributed by atoms with Crippen LogP contribution in [0.3, 0.4) is 0 Å². The van der Waals surface area contributed by atoms with Crippen LogP contribution in [-0.4, -0.2) is 26.0 Å². The van der Waals surface area contributed by atoms with Gasteiger partial charge in [-0.1, -0.05) is 12.1 Å². The minimum atomic E-state index is -0.509. The van der Waals surface area contributed by atoms with Crippen molar-refractivity contribution in [3.8, 4) is 11.5 Å². The lowest BCUT2D eigenvalue weighted by molar-refractivity contribution is -0.120. The third kappa shape index (κ3) is 3.85. The van der Waals surface area contributed by atoms with Crippen LogP contribution >= 0.6 is 0 Å². The van der Waals surface area contributed by atoms with Gasteiger partial charge in [0.15, 0.2) is 0 Å². The van der Waals surface area contributed by atoms with Gasteiger partial charge in [-0.15, -0.1) is 0 Å². The molecule has 4 rings (SSSR count). The van der Waals surface area contributed by atoms with E-state index in [1.54, 1.807) is 55.6 Å². The Kier molecular flexibility index (Phi) is 5.41. The van der Waals surface area contributed by atoms with Crippen molar-refractivity contribution in [2.45, 2.75) is 0 Å². The minimum Gasteiger partial charge on any atom is -0.497 e. The Morgan fingerprint density at radius 1 is 0.742 bits per heavy atom. The first-order chi connectivity index (χ1) is 15.0. The Bertz CT molecular complexity index is 1150. The lowest BCUT2D eigenvalue weighted by atomic mass is 10.0. The number of methoxy groups -OCH3 is 2. The lowest BCUT2D eigenvalue weighted by Gasteiger charge is -2.16. The highest BCUT2D eigenvalue weighted by Gasteiger charge is 2.40. The molecule has 0 saturated carbocycles. The van der Waals surface area contributed by atoms with Crippen molar-refractivity contribution in [1.29, 1.82) is 0 Å². The van der Waals surface area contributed by atoms with E-state index < -0.39 is 17.6 Å². The fraction of sp³-hybridized carbons (Fsp3) is 0.0833. The summed E-state index contributed by atoms with van der Waals surface area (Å²) in [7, 11) is 3.09. The predicted molar refractivity (Wildman–Crippen MR) is 115 cm³/mol. The van der Waals surface area contributed by atoms with Crippen molar-refractivity contribution in [1.82, 2.24) is 0 Å². The van der Waals surface area contributed by atoms with Crippen molar-refractivity contribution in [3.05, 3.63) is 89.9 Å². The van der Waals surface area contributed by atoms with E-state index in [1.165, 1.54) is 31.4 Å². The summed E-state index contributed by atoms with van der Waals surface area (Å²) in [5, 5.41) is 3.05. The molecule has 3 aromatic rings. The summed E-state index contributed by atoms with van der Waals surface area (Å²) in [6, 6.07) is 19.0. The lowest BCUT2D eigenvalue weighted by Crippen LogP contribution is -2.32. The second kappa shape index (κ2) is 8.31. The van der Waals surface area contributed by atoms with Gasteiger partial charge in [0.1, 0.15) is 23.0 Å². The highest BCUT2D eigenvalue weighted by Crippen LogP contribution is 2.34. The highest BCUT2D eigenvalue weighted by atomic mass is 19.1. The molecule has 7 heteroatoms. The van der Waals surface area contributed by atoms with Gasteiger partial charge in [0.2, 0.25) is 0 Å². The summed E-state index contributed by atoms with van der Waals surface area (Å²) in [5.74, 6) is -0.181. The predicted octanol–water partition coefficient (Wildman–Crippen LogP) is 4.24. The summed E-state index contributed by atoms with van der Waals surface area (Å²) in [6.07, 6.45) is 0. The largest absolute Gasteiger partial charge is 0.497 e. The van der Waals surface area contributed by atoms with Gasteiger partial charge in [0, 0.05) is 5.69 Å². The van der Waals surface area contributed by atoms with Gasteiger partial charge in [0.05, 0.1) is 25.5 Å². The Balaban J connectivity index is 1.77. The second-order valence-corrected chi connectivity index (χ2v) is 6.75. The zero-order chi connectivity index (χ0) is 22.0. The summed E-state index contributed by atoms with van der Waals surface area (Å²) in [6.45, 7) is 0. The van der Waals surface area contributed by atoms with Gasteiger partial charge in [0.25, 0.3) is 11.8 Å². The number of rotatable bonds is 6. The molecule has 0 radical (unpaired) electrons. The van der Waals surface area contributed by atoms with Crippen LogP contribution in [0.25, 0.3) is 5.57 Å². The first kappa shape index (κ1) is 20.2. The van der Waals surface area contributed by atoms with E-state index in [1.807, 2.05) is 0 Å². The van der Waals surface area contributed by atoms with Crippen LogP contribution in [0.15, 0.2) is 78.5 Å². The van der Waals surface area contributed by atoms with E-state index in [0.717, 1.165) is 4.90 Å². The normalized spacial score (nSPS) is 13.6. The van der Waals surface area contributed by atoms with Crippen LogP contribution < -0.4 is 19.7 Å². The van der Waals surface area contributed by atoms with E-state index in [-0.39, 0.29) is 11.3 Å². The van der Waals surface area contributed by atoms with Gasteiger partial charge in [-0.3, -0.25) is 9.59 Å². The first-order valence-electron chi connectivity index (χ1n) is 9.46. The van der Waals surface area contributed by atoms with Crippen LogP contribution in [0.4, 0.5) is 15.8 Å². The van der Waals surface area contributed by atoms with Crippen LogP contribution in [0.1, 0.15) is 5.56 Å². The molecule has 0 saturated heterocycles. The third-order valence-electron chi connectivity index (χ3n) is 4.91. The zero-order valence-corrected chi connectivity index (χ0v) is 16.9. The van der Waals surface area contributed by atoms with Gasteiger partial charge >= 0.3 is 0 Å². The molecular formula is C24H19FN2O4. The van der Waals surface area contributed by atoms with Gasteiger partial charge in [-0.25, -0.2) is 9.29 Å². The van der Waals surface area contributed by atoms with Crippen LogP contribution in [0.2, 0.25) is 0 Å². The molecule has 0 fully saturated rings. The molecule has 0 atom stereocenters. The Morgan fingerprint density at radius 3 is 1.84 bits per heavy atom. The number of nitrogens with zero attached hydrogens (tertiary/aromatic N) is 1. The van der Waals surface area contributed by atoms with Crippen molar-refractivity contribution >= 4 is 28.8 Å². The molecule has 6 nitrogen and oxygen atoms in total. The molecule has 1 heterocycles. The minimum absolute atomic E-state index is 0.109. The van der Waals surface area contributed by atoms with Gasteiger partial charge in [-0.2, -0.15) is 0 Å². The number of anilines is 2. The molecule has 0 aromatic heterocycles. The average molecular weight is 418 g/mol. The summed E-state index contributed by atoms with van der Waals surface area (Å²) >= 11 is 0. The molecule has 156 valence electrons. The number of halogens is 1. The fourth-order valence-corrected chi connectivity index (χ4v) is 3.31. The maximum Gasteiger partial charge on any atom is 0.282 e. The van der Waals surface area contributed by atoms with Crippen molar-refractivity contribution in [2.75, 3.05) is 24.4 Å². The highest BCUT2D eigenvalue weighted by molar-refractivity contribution is 6.46. The Morgan fingerprint density at radius 2 is 1.29 bits per heavy atom. The topological polar surface area (TPSA) is 67.9 Å². The van der Waals surface area contributed by atoms with E-state index in [9.17, 15) is 14.0 Å². The number of carbonyl (C=O) groups excluding carboxylic acids is 2. The van der Waals surface area contributed by atoms with E-state index in [4.69, 9.17) is 9.47 Å². The molecule has 1 aliphatic heterocycles. The number of benzene rings is 3. The molecule has 3 aromatic carbocycles. The van der Waals surface area contributed by atoms with E-state index >= 15 is 0 Å². The molecule has 1 aliphatic rings. The van der Waals surface area contributed by atoms with Gasteiger partial charge < -0.3 is 14.8 Å². The van der Waals surface area contributed by atoms with E-state index in [0.29, 0.717) is 28.4 Å². The maximum absolute atomic E-state index is 13.5. The maximum atomic E-state index is 13.5.